The van der Waals surface area contributed by atoms with E-state index in [2.05, 4.69) is 28.7 Å². The molecule has 4 nitrogen and oxygen atoms in total. The van der Waals surface area contributed by atoms with Crippen LogP contribution >= 0.6 is 11.8 Å². The van der Waals surface area contributed by atoms with Gasteiger partial charge in [-0.05, 0) is 19.3 Å². The van der Waals surface area contributed by atoms with Crippen molar-refractivity contribution in [3.05, 3.63) is 18.0 Å². The molecule has 1 saturated heterocycles. The summed E-state index contributed by atoms with van der Waals surface area (Å²) in [4.78, 5) is 11.5. The smallest absolute Gasteiger partial charge is 0.187 e. The van der Waals surface area contributed by atoms with Gasteiger partial charge in [0.05, 0.1) is 12.2 Å². The molecule has 0 radical (unpaired) electrons. The fourth-order valence-corrected chi connectivity index (χ4v) is 4.14. The summed E-state index contributed by atoms with van der Waals surface area (Å²) < 4.78 is 6.09. The van der Waals surface area contributed by atoms with E-state index >= 15 is 0 Å². The van der Waals surface area contributed by atoms with Gasteiger partial charge in [-0.2, -0.15) is 0 Å². The summed E-state index contributed by atoms with van der Waals surface area (Å²) in [6.07, 6.45) is 10.2. The normalized spacial score (nSPS) is 23.0. The summed E-state index contributed by atoms with van der Waals surface area (Å²) >= 11 is 1.76. The summed E-state index contributed by atoms with van der Waals surface area (Å²) in [6.45, 7) is 8.31. The van der Waals surface area contributed by atoms with Gasteiger partial charge in [0.25, 0.3) is 0 Å². The molecule has 2 aliphatic rings. The van der Waals surface area contributed by atoms with Crippen LogP contribution in [0.15, 0.2) is 17.6 Å². The monoisotopic (exact) mass is 321 g/mol. The predicted molar refractivity (Wildman–Crippen MR) is 90.1 cm³/mol. The van der Waals surface area contributed by atoms with E-state index in [1.54, 1.807) is 11.8 Å². The number of ether oxygens (including phenoxy) is 1. The van der Waals surface area contributed by atoms with Crippen LogP contribution in [0.2, 0.25) is 0 Å². The Morgan fingerprint density at radius 3 is 2.73 bits per heavy atom. The molecule has 0 N–H and O–H groups in total. The third-order valence-electron chi connectivity index (χ3n) is 4.81. The van der Waals surface area contributed by atoms with Gasteiger partial charge < -0.3 is 4.74 Å². The number of nitrogens with zero attached hydrogens (tertiary/aromatic N) is 3. The first-order valence-electron chi connectivity index (χ1n) is 8.53. The van der Waals surface area contributed by atoms with Gasteiger partial charge in [-0.1, -0.05) is 38.5 Å². The standard InChI is InChI=1S/C17H27N3OS/c1-3-14(2)22-16-18-10-15(11-19-16)12-20-8-9-21-17(13-20)6-4-5-7-17/h10-11,14H,3-9,12-13H2,1-2H3/t14-/m1/s1. The van der Waals surface area contributed by atoms with Gasteiger partial charge in [0.1, 0.15) is 0 Å². The molecule has 3 rings (SSSR count). The van der Waals surface area contributed by atoms with E-state index in [1.807, 2.05) is 12.4 Å². The number of hydrogen-bond acceptors (Lipinski definition) is 5. The zero-order valence-electron chi connectivity index (χ0n) is 13.8. The maximum atomic E-state index is 6.09. The molecule has 1 aromatic rings. The van der Waals surface area contributed by atoms with Gasteiger partial charge in [-0.15, -0.1) is 0 Å². The first kappa shape index (κ1) is 16.2. The molecule has 1 aliphatic heterocycles. The van der Waals surface area contributed by atoms with E-state index in [-0.39, 0.29) is 5.60 Å². The van der Waals surface area contributed by atoms with Crippen LogP contribution in [0.4, 0.5) is 0 Å². The van der Waals surface area contributed by atoms with Crippen molar-refractivity contribution in [1.29, 1.82) is 0 Å². The van der Waals surface area contributed by atoms with Gasteiger partial charge in [0, 0.05) is 42.8 Å². The molecule has 1 aromatic heterocycles. The molecule has 1 spiro atoms. The van der Waals surface area contributed by atoms with Gasteiger partial charge in [0.15, 0.2) is 5.16 Å². The van der Waals surface area contributed by atoms with Crippen molar-refractivity contribution in [2.45, 2.75) is 68.5 Å². The highest BCUT2D eigenvalue weighted by molar-refractivity contribution is 7.99. The van der Waals surface area contributed by atoms with E-state index < -0.39 is 0 Å². The number of aromatic nitrogens is 2. The van der Waals surface area contributed by atoms with Crippen molar-refractivity contribution >= 4 is 11.8 Å². The molecule has 5 heteroatoms. The summed E-state index contributed by atoms with van der Waals surface area (Å²) in [5, 5.41) is 1.47. The molecule has 0 unspecified atom stereocenters. The lowest BCUT2D eigenvalue weighted by molar-refractivity contribution is -0.107. The van der Waals surface area contributed by atoms with Gasteiger partial charge >= 0.3 is 0 Å². The van der Waals surface area contributed by atoms with Crippen LogP contribution in [0.25, 0.3) is 0 Å². The van der Waals surface area contributed by atoms with E-state index in [0.717, 1.165) is 37.8 Å². The Kier molecular flexibility index (Phi) is 5.37. The van der Waals surface area contributed by atoms with Crippen LogP contribution in [0, 0.1) is 0 Å². The second kappa shape index (κ2) is 7.28. The lowest BCUT2D eigenvalue weighted by Crippen LogP contribution is -2.49. The lowest BCUT2D eigenvalue weighted by Gasteiger charge is -2.40. The summed E-state index contributed by atoms with van der Waals surface area (Å²) in [5.41, 5.74) is 1.36. The Labute approximate surface area is 138 Å². The highest BCUT2D eigenvalue weighted by atomic mass is 32.2. The second-order valence-electron chi connectivity index (χ2n) is 6.66. The zero-order valence-corrected chi connectivity index (χ0v) is 14.6. The van der Waals surface area contributed by atoms with Crippen LogP contribution in [-0.2, 0) is 11.3 Å². The minimum absolute atomic E-state index is 0.144. The van der Waals surface area contributed by atoms with E-state index in [1.165, 1.54) is 31.2 Å². The van der Waals surface area contributed by atoms with Gasteiger partial charge in [0.2, 0.25) is 0 Å². The molecule has 0 amide bonds. The van der Waals surface area contributed by atoms with Crippen molar-refractivity contribution < 1.29 is 4.74 Å². The van der Waals surface area contributed by atoms with E-state index in [9.17, 15) is 0 Å². The fraction of sp³-hybridized carbons (Fsp3) is 0.765. The Balaban J connectivity index is 1.56. The average Bonchev–Trinajstić information content (AvgIpc) is 2.97. The quantitative estimate of drug-likeness (QED) is 0.613. The molecule has 1 aliphatic carbocycles. The maximum Gasteiger partial charge on any atom is 0.187 e. The molecule has 122 valence electrons. The van der Waals surface area contributed by atoms with Crippen molar-refractivity contribution in [3.63, 3.8) is 0 Å². The molecule has 1 saturated carbocycles. The highest BCUT2D eigenvalue weighted by Crippen LogP contribution is 2.36. The van der Waals surface area contributed by atoms with Crippen molar-refractivity contribution in [3.8, 4) is 0 Å². The number of morpholine rings is 1. The van der Waals surface area contributed by atoms with E-state index in [4.69, 9.17) is 4.74 Å². The van der Waals surface area contributed by atoms with Crippen LogP contribution in [0.1, 0.15) is 51.5 Å². The lowest BCUT2D eigenvalue weighted by atomic mass is 9.99. The summed E-state index contributed by atoms with van der Waals surface area (Å²) in [7, 11) is 0. The Morgan fingerprint density at radius 1 is 1.32 bits per heavy atom. The largest absolute Gasteiger partial charge is 0.372 e. The number of thioether (sulfide) groups is 1. The minimum Gasteiger partial charge on any atom is -0.372 e. The van der Waals surface area contributed by atoms with Crippen molar-refractivity contribution in [2.24, 2.45) is 0 Å². The Bertz CT molecular complexity index is 473. The van der Waals surface area contributed by atoms with Crippen LogP contribution in [-0.4, -0.2) is 45.4 Å². The zero-order chi connectivity index (χ0) is 15.4. The maximum absolute atomic E-state index is 6.09. The third kappa shape index (κ3) is 4.00. The molecule has 2 fully saturated rings. The van der Waals surface area contributed by atoms with Crippen molar-refractivity contribution in [2.75, 3.05) is 19.7 Å². The molecule has 22 heavy (non-hydrogen) atoms. The van der Waals surface area contributed by atoms with Crippen LogP contribution in [0.3, 0.4) is 0 Å². The first-order chi connectivity index (χ1) is 10.7. The number of hydrogen-bond donors (Lipinski definition) is 0. The van der Waals surface area contributed by atoms with Crippen molar-refractivity contribution in [1.82, 2.24) is 14.9 Å². The molecule has 0 bridgehead atoms. The van der Waals surface area contributed by atoms with Gasteiger partial charge in [-0.25, -0.2) is 9.97 Å². The fourth-order valence-electron chi connectivity index (χ4n) is 3.39. The topological polar surface area (TPSA) is 38.2 Å². The molecular formula is C17H27N3OS. The molecule has 1 atom stereocenters. The average molecular weight is 321 g/mol. The first-order valence-corrected chi connectivity index (χ1v) is 9.41. The van der Waals surface area contributed by atoms with Gasteiger partial charge in [-0.3, -0.25) is 4.90 Å². The van der Waals surface area contributed by atoms with Crippen LogP contribution < -0.4 is 0 Å². The number of rotatable bonds is 5. The summed E-state index contributed by atoms with van der Waals surface area (Å²) in [6, 6.07) is 0. The molecule has 0 aromatic carbocycles. The second-order valence-corrected chi connectivity index (χ2v) is 8.07. The third-order valence-corrected chi connectivity index (χ3v) is 5.97. The molecular weight excluding hydrogens is 294 g/mol. The SMILES string of the molecule is CC[C@@H](C)Sc1ncc(CN2CCOC3(CCCC3)C2)cn1. The van der Waals surface area contributed by atoms with E-state index in [0.29, 0.717) is 5.25 Å². The highest BCUT2D eigenvalue weighted by Gasteiger charge is 2.39. The Hall–Kier alpha value is -0.650. The minimum atomic E-state index is 0.144. The molecule has 2 heterocycles. The summed E-state index contributed by atoms with van der Waals surface area (Å²) in [5.74, 6) is 0. The van der Waals surface area contributed by atoms with Crippen LogP contribution in [0.5, 0.6) is 0 Å². The Morgan fingerprint density at radius 2 is 2.05 bits per heavy atom. The predicted octanol–water partition coefficient (Wildman–Crippen LogP) is 3.51.